The van der Waals surface area contributed by atoms with Crippen LogP contribution in [0.15, 0.2) is 18.2 Å². The molecule has 1 saturated heterocycles. The lowest BCUT2D eigenvalue weighted by molar-refractivity contribution is -0.0318. The quantitative estimate of drug-likeness (QED) is 0.586. The summed E-state index contributed by atoms with van der Waals surface area (Å²) in [7, 11) is -1.69. The number of fused-ring (bicyclic) bond motifs is 1. The van der Waals surface area contributed by atoms with Gasteiger partial charge < -0.3 is 19.4 Å². The zero-order valence-electron chi connectivity index (χ0n) is 19.2. The van der Waals surface area contributed by atoms with E-state index in [9.17, 15) is 9.59 Å². The third kappa shape index (κ3) is 4.95. The molecule has 2 aromatic rings. The summed E-state index contributed by atoms with van der Waals surface area (Å²) in [6.07, 6.45) is 0.370. The molecule has 1 aromatic heterocycles. The molecule has 164 valence electrons. The van der Waals surface area contributed by atoms with Crippen LogP contribution < -0.4 is 5.32 Å². The smallest absolute Gasteiger partial charge is 0.410 e. The zero-order chi connectivity index (χ0) is 22.3. The van der Waals surface area contributed by atoms with Crippen LogP contribution in [0, 0.1) is 0 Å². The molecule has 1 aliphatic rings. The van der Waals surface area contributed by atoms with Crippen molar-refractivity contribution in [3.63, 3.8) is 0 Å². The number of hydrogen-bond acceptors (Lipinski definition) is 4. The van der Waals surface area contributed by atoms with Gasteiger partial charge in [-0.25, -0.2) is 4.79 Å². The van der Waals surface area contributed by atoms with Gasteiger partial charge in [-0.15, -0.1) is 0 Å². The predicted molar refractivity (Wildman–Crippen MR) is 123 cm³/mol. The number of benzene rings is 1. The summed E-state index contributed by atoms with van der Waals surface area (Å²) in [4.78, 5) is 30.2. The number of nitrogens with zero attached hydrogens (tertiary/aromatic N) is 1. The second kappa shape index (κ2) is 8.19. The number of carbonyl (C=O) groups excluding carboxylic acids is 2. The van der Waals surface area contributed by atoms with Crippen molar-refractivity contribution in [1.29, 1.82) is 0 Å². The minimum Gasteiger partial charge on any atom is -0.444 e. The Morgan fingerprint density at radius 3 is 2.57 bits per heavy atom. The fourth-order valence-corrected chi connectivity index (χ4v) is 5.59. The van der Waals surface area contributed by atoms with Crippen LogP contribution in [0.2, 0.25) is 19.6 Å². The first-order valence-corrected chi connectivity index (χ1v) is 14.1. The number of Topliss-reactive ketones (excluding diaryl/α,β-unsaturated/α-hetero) is 1. The standard InChI is InChI=1S/C23H34N2O4Si/c1-15(26)16-8-9-20-18(12-16)19(21(24-20)30(5,6)7)13-17-14-28-11-10-25(17)22(27)29-23(2,3)4/h8-9,12,17,24H,10-11,13-14H2,1-7H3/t17-/m0/s1. The van der Waals surface area contributed by atoms with Crippen molar-refractivity contribution in [2.45, 2.75) is 65.4 Å². The van der Waals surface area contributed by atoms with Crippen molar-refractivity contribution in [3.05, 3.63) is 29.3 Å². The highest BCUT2D eigenvalue weighted by atomic mass is 28.3. The van der Waals surface area contributed by atoms with Gasteiger partial charge in [0, 0.05) is 28.3 Å². The number of carbonyl (C=O) groups is 2. The van der Waals surface area contributed by atoms with E-state index in [4.69, 9.17) is 9.47 Å². The largest absolute Gasteiger partial charge is 0.444 e. The van der Waals surface area contributed by atoms with Crippen LogP contribution in [0.25, 0.3) is 10.9 Å². The molecule has 0 spiro atoms. The number of hydrogen-bond donors (Lipinski definition) is 1. The second-order valence-electron chi connectivity index (χ2n) is 10.2. The summed E-state index contributed by atoms with van der Waals surface area (Å²) in [5, 5.41) is 2.32. The Balaban J connectivity index is 2.02. The van der Waals surface area contributed by atoms with Crippen LogP contribution in [0.5, 0.6) is 0 Å². The van der Waals surface area contributed by atoms with Crippen LogP contribution >= 0.6 is 0 Å². The lowest BCUT2D eigenvalue weighted by Crippen LogP contribution is -2.52. The van der Waals surface area contributed by atoms with E-state index in [-0.39, 0.29) is 17.9 Å². The molecule has 1 N–H and O–H groups in total. The van der Waals surface area contributed by atoms with Gasteiger partial charge >= 0.3 is 6.09 Å². The van der Waals surface area contributed by atoms with Crippen molar-refractivity contribution < 1.29 is 19.1 Å². The average Bonchev–Trinajstić information content (AvgIpc) is 2.99. The number of morpholine rings is 1. The number of aromatic nitrogens is 1. The summed E-state index contributed by atoms with van der Waals surface area (Å²) in [6, 6.07) is 5.73. The predicted octanol–water partition coefficient (Wildman–Crippen LogP) is 4.09. The van der Waals surface area contributed by atoms with E-state index >= 15 is 0 Å². The van der Waals surface area contributed by atoms with E-state index in [0.717, 1.165) is 10.9 Å². The summed E-state index contributed by atoms with van der Waals surface area (Å²) in [5.74, 6) is 0.0509. The van der Waals surface area contributed by atoms with Crippen molar-refractivity contribution >= 4 is 36.2 Å². The second-order valence-corrected chi connectivity index (χ2v) is 15.2. The maximum atomic E-state index is 12.8. The number of nitrogens with one attached hydrogen (secondary N) is 1. The molecular weight excluding hydrogens is 396 g/mol. The monoisotopic (exact) mass is 430 g/mol. The van der Waals surface area contributed by atoms with Gasteiger partial charge in [-0.2, -0.15) is 0 Å². The van der Waals surface area contributed by atoms with Crippen LogP contribution in [-0.4, -0.2) is 61.2 Å². The van der Waals surface area contributed by atoms with Gasteiger partial charge in [0.1, 0.15) is 5.60 Å². The van der Waals surface area contributed by atoms with Crippen LogP contribution in [0.1, 0.15) is 43.6 Å². The summed E-state index contributed by atoms with van der Waals surface area (Å²) >= 11 is 0. The van der Waals surface area contributed by atoms with E-state index < -0.39 is 13.7 Å². The highest BCUT2D eigenvalue weighted by Crippen LogP contribution is 2.25. The fraction of sp³-hybridized carbons (Fsp3) is 0.565. The summed E-state index contributed by atoms with van der Waals surface area (Å²) in [5.41, 5.74) is 2.39. The Hall–Kier alpha value is -2.12. The van der Waals surface area contributed by atoms with Gasteiger partial charge in [0.25, 0.3) is 0 Å². The molecular formula is C23H34N2O4Si. The zero-order valence-corrected chi connectivity index (χ0v) is 20.2. The number of ketones is 1. The van der Waals surface area contributed by atoms with E-state index in [1.807, 2.05) is 39.0 Å². The minimum atomic E-state index is -1.69. The van der Waals surface area contributed by atoms with Crippen molar-refractivity contribution in [2.24, 2.45) is 0 Å². The summed E-state index contributed by atoms with van der Waals surface area (Å²) < 4.78 is 11.4. The molecule has 0 radical (unpaired) electrons. The number of amides is 1. The Labute approximate surface area is 179 Å². The SMILES string of the molecule is CC(=O)c1ccc2[nH]c([Si](C)(C)C)c(C[C@H]3COCCN3C(=O)OC(C)(C)C)c2c1. The Morgan fingerprint density at radius 2 is 1.97 bits per heavy atom. The van der Waals surface area contributed by atoms with E-state index in [1.165, 1.54) is 10.9 Å². The first kappa shape index (κ1) is 22.6. The molecule has 30 heavy (non-hydrogen) atoms. The molecule has 1 fully saturated rings. The lowest BCUT2D eigenvalue weighted by Gasteiger charge is -2.37. The molecule has 1 aromatic carbocycles. The van der Waals surface area contributed by atoms with E-state index in [0.29, 0.717) is 31.7 Å². The maximum absolute atomic E-state index is 12.8. The minimum absolute atomic E-state index is 0.0509. The van der Waals surface area contributed by atoms with Crippen LogP contribution in [0.3, 0.4) is 0 Å². The first-order chi connectivity index (χ1) is 13.9. The molecule has 7 heteroatoms. The molecule has 1 amide bonds. The molecule has 0 bridgehead atoms. The van der Waals surface area contributed by atoms with Crippen molar-refractivity contribution in [3.8, 4) is 0 Å². The Kier molecular flexibility index (Phi) is 6.16. The van der Waals surface area contributed by atoms with Gasteiger partial charge in [0.15, 0.2) is 5.78 Å². The lowest BCUT2D eigenvalue weighted by atomic mass is 10.0. The molecule has 2 heterocycles. The van der Waals surface area contributed by atoms with Gasteiger partial charge in [0.2, 0.25) is 0 Å². The van der Waals surface area contributed by atoms with Gasteiger partial charge in [-0.1, -0.05) is 19.6 Å². The molecule has 1 atom stereocenters. The Morgan fingerprint density at radius 1 is 1.27 bits per heavy atom. The average molecular weight is 431 g/mol. The molecule has 6 nitrogen and oxygen atoms in total. The number of rotatable bonds is 4. The number of aromatic amines is 1. The van der Waals surface area contributed by atoms with E-state index in [1.54, 1.807) is 11.8 Å². The van der Waals surface area contributed by atoms with Crippen molar-refractivity contribution in [1.82, 2.24) is 9.88 Å². The molecule has 0 saturated carbocycles. The highest BCUT2D eigenvalue weighted by Gasteiger charge is 2.34. The first-order valence-electron chi connectivity index (χ1n) is 10.6. The van der Waals surface area contributed by atoms with Crippen molar-refractivity contribution in [2.75, 3.05) is 19.8 Å². The molecule has 0 aliphatic carbocycles. The molecule has 3 rings (SSSR count). The van der Waals surface area contributed by atoms with E-state index in [2.05, 4.69) is 24.6 Å². The topological polar surface area (TPSA) is 71.6 Å². The third-order valence-corrected chi connectivity index (χ3v) is 7.28. The highest BCUT2D eigenvalue weighted by molar-refractivity contribution is 6.88. The normalized spacial score (nSPS) is 18.0. The number of ether oxygens (including phenoxy) is 2. The molecule has 1 aliphatic heterocycles. The summed E-state index contributed by atoms with van der Waals surface area (Å²) in [6.45, 7) is 15.6. The van der Waals surface area contributed by atoms with Gasteiger partial charge in [-0.05, 0) is 57.9 Å². The third-order valence-electron chi connectivity index (χ3n) is 5.36. The maximum Gasteiger partial charge on any atom is 0.410 e. The fourth-order valence-electron chi connectivity index (χ4n) is 3.94. The van der Waals surface area contributed by atoms with Gasteiger partial charge in [-0.3, -0.25) is 4.79 Å². The van der Waals surface area contributed by atoms with Crippen LogP contribution in [-0.2, 0) is 15.9 Å². The Bertz CT molecular complexity index is 952. The number of H-pyrrole nitrogens is 1. The molecule has 0 unspecified atom stereocenters. The van der Waals surface area contributed by atoms with Gasteiger partial charge in [0.05, 0.1) is 27.3 Å². The van der Waals surface area contributed by atoms with Crippen LogP contribution in [0.4, 0.5) is 4.79 Å².